The van der Waals surface area contributed by atoms with Crippen molar-refractivity contribution in [2.75, 3.05) is 0 Å². The smallest absolute Gasteiger partial charge is 0.275 e. The Morgan fingerprint density at radius 3 is 2.27 bits per heavy atom. The minimum Gasteiger partial charge on any atom is -0.300 e. The molecule has 2 rings (SSSR count). The first-order valence-corrected chi connectivity index (χ1v) is 9.28. The largest absolute Gasteiger partial charge is 0.300 e. The molecular weight excluding hydrogens is 324 g/mol. The van der Waals surface area contributed by atoms with Crippen LogP contribution in [0.15, 0.2) is 4.21 Å². The molecule has 0 radical (unpaired) electrons. The Morgan fingerprint density at radius 1 is 1.27 bits per heavy atom. The second-order valence-corrected chi connectivity index (χ2v) is 9.43. The molecule has 1 aromatic rings. The number of carbonyl (C=O) groups is 2. The van der Waals surface area contributed by atoms with Gasteiger partial charge in [-0.1, -0.05) is 13.8 Å². The van der Waals surface area contributed by atoms with Gasteiger partial charge in [0, 0.05) is 11.8 Å². The second kappa shape index (κ2) is 5.42. The maximum absolute atomic E-state index is 12.3. The van der Waals surface area contributed by atoms with Gasteiger partial charge in [-0.15, -0.1) is 11.3 Å². The zero-order valence-corrected chi connectivity index (χ0v) is 14.9. The van der Waals surface area contributed by atoms with Crippen LogP contribution in [-0.4, -0.2) is 25.1 Å². The van der Waals surface area contributed by atoms with Crippen LogP contribution in [0.3, 0.4) is 0 Å². The van der Waals surface area contributed by atoms with Gasteiger partial charge in [0.15, 0.2) is 4.21 Å². The van der Waals surface area contributed by atoms with Crippen molar-refractivity contribution in [2.24, 2.45) is 17.3 Å². The van der Waals surface area contributed by atoms with Crippen molar-refractivity contribution in [1.29, 1.82) is 0 Å². The maximum atomic E-state index is 12.3. The molecule has 1 saturated carbocycles. The number of carbonyl (C=O) groups excluding carboxylic acids is 2. The fraction of sp³-hybridized carbons (Fsp3) is 0.643. The van der Waals surface area contributed by atoms with Gasteiger partial charge < -0.3 is 0 Å². The number of ketones is 1. The lowest BCUT2D eigenvalue weighted by molar-refractivity contribution is -0.147. The van der Waals surface area contributed by atoms with Crippen molar-refractivity contribution in [1.82, 2.24) is 9.71 Å². The lowest BCUT2D eigenvalue weighted by Gasteiger charge is -2.49. The zero-order chi connectivity index (χ0) is 16.9. The van der Waals surface area contributed by atoms with Gasteiger partial charge in [0.1, 0.15) is 5.78 Å². The molecule has 0 bridgehead atoms. The lowest BCUT2D eigenvalue weighted by atomic mass is 9.53. The highest BCUT2D eigenvalue weighted by molar-refractivity contribution is 7.92. The van der Waals surface area contributed by atoms with Crippen LogP contribution in [0.2, 0.25) is 0 Å². The van der Waals surface area contributed by atoms with Crippen molar-refractivity contribution >= 4 is 33.1 Å². The quantitative estimate of drug-likeness (QED) is 0.899. The highest BCUT2D eigenvalue weighted by Crippen LogP contribution is 2.51. The van der Waals surface area contributed by atoms with E-state index in [0.717, 1.165) is 11.3 Å². The maximum Gasteiger partial charge on any atom is 0.275 e. The Kier molecular flexibility index (Phi) is 4.20. The van der Waals surface area contributed by atoms with Gasteiger partial charge in [-0.25, -0.2) is 18.1 Å². The summed E-state index contributed by atoms with van der Waals surface area (Å²) in [7, 11) is -3.91. The Hall–Kier alpha value is -1.28. The van der Waals surface area contributed by atoms with Crippen molar-refractivity contribution < 1.29 is 18.0 Å². The number of Topliss-reactive ketones (excluding diaryl/α,β-unsaturated/α-hetero) is 1. The molecule has 2 atom stereocenters. The number of hydrogen-bond donors (Lipinski definition) is 1. The average molecular weight is 344 g/mol. The molecule has 22 heavy (non-hydrogen) atoms. The molecule has 0 unspecified atom stereocenters. The number of thiazole rings is 1. The number of hydrogen-bond acceptors (Lipinski definition) is 6. The van der Waals surface area contributed by atoms with E-state index in [0.29, 0.717) is 17.1 Å². The molecule has 0 saturated heterocycles. The molecule has 1 aromatic heterocycles. The number of rotatable bonds is 4. The van der Waals surface area contributed by atoms with Gasteiger partial charge >= 0.3 is 0 Å². The third-order valence-electron chi connectivity index (χ3n) is 4.41. The summed E-state index contributed by atoms with van der Waals surface area (Å²) in [6.45, 7) is 8.45. The summed E-state index contributed by atoms with van der Waals surface area (Å²) in [4.78, 5) is 27.9. The second-order valence-electron chi connectivity index (χ2n) is 6.35. The highest BCUT2D eigenvalue weighted by atomic mass is 32.2. The molecule has 0 aliphatic heterocycles. The molecule has 1 aliphatic carbocycles. The molecule has 122 valence electrons. The van der Waals surface area contributed by atoms with E-state index in [1.54, 1.807) is 13.8 Å². The summed E-state index contributed by atoms with van der Waals surface area (Å²) in [5.74, 6) is -1.19. The molecule has 8 heteroatoms. The zero-order valence-electron chi connectivity index (χ0n) is 13.3. The average Bonchev–Trinajstić information content (AvgIpc) is 2.66. The third kappa shape index (κ3) is 2.81. The number of aromatic nitrogens is 1. The van der Waals surface area contributed by atoms with Crippen LogP contribution in [0.1, 0.15) is 37.9 Å². The van der Waals surface area contributed by atoms with Gasteiger partial charge in [-0.3, -0.25) is 9.59 Å². The summed E-state index contributed by atoms with van der Waals surface area (Å²) in [6.07, 6.45) is 0.393. The minimum atomic E-state index is -3.91. The van der Waals surface area contributed by atoms with E-state index in [1.807, 2.05) is 13.8 Å². The molecule has 1 fully saturated rings. The molecule has 1 amide bonds. The van der Waals surface area contributed by atoms with Crippen LogP contribution in [0.4, 0.5) is 0 Å². The summed E-state index contributed by atoms with van der Waals surface area (Å²) in [6, 6.07) is 0. The van der Waals surface area contributed by atoms with Crippen molar-refractivity contribution in [2.45, 2.75) is 45.2 Å². The van der Waals surface area contributed by atoms with Gasteiger partial charge in [0.25, 0.3) is 10.0 Å². The van der Waals surface area contributed by atoms with Crippen molar-refractivity contribution in [3.05, 3.63) is 10.7 Å². The Morgan fingerprint density at radius 2 is 1.86 bits per heavy atom. The summed E-state index contributed by atoms with van der Waals surface area (Å²) in [5.41, 5.74) is -0.137. The molecule has 6 nitrogen and oxygen atoms in total. The molecular formula is C14H20N2O4S2. The Labute approximate surface area is 134 Å². The van der Waals surface area contributed by atoms with Crippen LogP contribution in [0, 0.1) is 31.1 Å². The number of nitrogens with one attached hydrogen (secondary N) is 1. The van der Waals surface area contributed by atoms with Crippen LogP contribution in [-0.2, 0) is 19.6 Å². The highest BCUT2D eigenvalue weighted by Gasteiger charge is 2.54. The van der Waals surface area contributed by atoms with E-state index in [-0.39, 0.29) is 15.9 Å². The van der Waals surface area contributed by atoms with Crippen LogP contribution in [0.25, 0.3) is 0 Å². The Bertz CT molecular complexity index is 734. The monoisotopic (exact) mass is 344 g/mol. The molecule has 1 aliphatic rings. The number of aryl methyl sites for hydroxylation is 2. The first-order valence-electron chi connectivity index (χ1n) is 6.98. The van der Waals surface area contributed by atoms with Gasteiger partial charge in [-0.2, -0.15) is 0 Å². The minimum absolute atomic E-state index is 0.0332. The molecule has 0 aromatic carbocycles. The van der Waals surface area contributed by atoms with E-state index >= 15 is 0 Å². The van der Waals surface area contributed by atoms with E-state index in [2.05, 4.69) is 9.71 Å². The molecule has 1 N–H and O–H groups in total. The van der Waals surface area contributed by atoms with Crippen molar-refractivity contribution in [3.8, 4) is 0 Å². The molecule has 1 heterocycles. The van der Waals surface area contributed by atoms with Crippen molar-refractivity contribution in [3.63, 3.8) is 0 Å². The van der Waals surface area contributed by atoms with Gasteiger partial charge in [0.05, 0.1) is 10.7 Å². The third-order valence-corrected chi connectivity index (χ3v) is 7.44. The summed E-state index contributed by atoms with van der Waals surface area (Å²) < 4.78 is 26.8. The normalized spacial score (nSPS) is 23.7. The van der Waals surface area contributed by atoms with E-state index in [4.69, 9.17) is 0 Å². The van der Waals surface area contributed by atoms with Gasteiger partial charge in [0.2, 0.25) is 5.91 Å². The summed E-state index contributed by atoms with van der Waals surface area (Å²) >= 11 is 1.04. The van der Waals surface area contributed by atoms with Crippen LogP contribution < -0.4 is 4.72 Å². The van der Waals surface area contributed by atoms with E-state index in [1.165, 1.54) is 6.92 Å². The fourth-order valence-corrected chi connectivity index (χ4v) is 5.58. The van der Waals surface area contributed by atoms with E-state index in [9.17, 15) is 18.0 Å². The summed E-state index contributed by atoms with van der Waals surface area (Å²) in [5, 5.41) is 0.631. The van der Waals surface area contributed by atoms with Crippen LogP contribution in [0.5, 0.6) is 0 Å². The number of nitrogens with zero attached hydrogens (tertiary/aromatic N) is 1. The topological polar surface area (TPSA) is 93.2 Å². The lowest BCUT2D eigenvalue weighted by Crippen LogP contribution is -2.55. The fourth-order valence-electron chi connectivity index (χ4n) is 3.07. The predicted octanol–water partition coefficient (Wildman–Crippen LogP) is 1.82. The van der Waals surface area contributed by atoms with E-state index < -0.39 is 27.3 Å². The standard InChI is InChI=1S/C14H20N2O4S2/c1-7-13(21-9(3)15-7)22(19,20)16-12(18)11-6-10(8(2)17)14(11,4)5/h10-11H,6H2,1-5H3,(H,16,18)/t10-,11+/m0/s1. The predicted molar refractivity (Wildman–Crippen MR) is 83.0 cm³/mol. The number of sulfonamides is 1. The Balaban J connectivity index is 2.16. The molecule has 0 spiro atoms. The van der Waals surface area contributed by atoms with Crippen LogP contribution >= 0.6 is 11.3 Å². The SMILES string of the molecule is CC(=O)[C@@H]1C[C@H](C(=O)NS(=O)(=O)c2sc(C)nc2C)C1(C)C. The number of amides is 1. The first-order chi connectivity index (χ1) is 9.96. The first kappa shape index (κ1) is 17.1. The van der Waals surface area contributed by atoms with Gasteiger partial charge in [-0.05, 0) is 32.6 Å².